The van der Waals surface area contributed by atoms with Crippen molar-refractivity contribution < 1.29 is 9.53 Å². The van der Waals surface area contributed by atoms with Crippen LogP contribution in [0.25, 0.3) is 11.0 Å². The summed E-state index contributed by atoms with van der Waals surface area (Å²) in [6.45, 7) is 6.74. The number of nitrogens with zero attached hydrogens (tertiary/aromatic N) is 4. The lowest BCUT2D eigenvalue weighted by atomic mass is 10.1. The third kappa shape index (κ3) is 2.63. The van der Waals surface area contributed by atoms with Crippen LogP contribution in [0.5, 0.6) is 0 Å². The van der Waals surface area contributed by atoms with Crippen LogP contribution < -0.4 is 5.73 Å². The molecule has 112 valence electrons. The second-order valence-corrected chi connectivity index (χ2v) is 6.31. The summed E-state index contributed by atoms with van der Waals surface area (Å²) in [4.78, 5) is 17.9. The Morgan fingerprint density at radius 1 is 1.38 bits per heavy atom. The van der Waals surface area contributed by atoms with Gasteiger partial charge in [0, 0.05) is 18.5 Å². The van der Waals surface area contributed by atoms with Gasteiger partial charge >= 0.3 is 6.09 Å². The van der Waals surface area contributed by atoms with Crippen LogP contribution in [-0.4, -0.2) is 44.4 Å². The Hall–Kier alpha value is -2.31. The van der Waals surface area contributed by atoms with Gasteiger partial charge in [-0.1, -0.05) is 0 Å². The van der Waals surface area contributed by atoms with Crippen molar-refractivity contribution in [1.82, 2.24) is 19.7 Å². The Bertz CT molecular complexity index is 682. The number of hydrogen-bond donors (Lipinski definition) is 1. The van der Waals surface area contributed by atoms with E-state index in [1.165, 1.54) is 0 Å². The summed E-state index contributed by atoms with van der Waals surface area (Å²) in [6.07, 6.45) is 3.08. The minimum atomic E-state index is -0.473. The molecular formula is C14H19N5O2. The normalized spacial score (nSPS) is 16.0. The summed E-state index contributed by atoms with van der Waals surface area (Å²) in [5, 5.41) is 5.25. The predicted molar refractivity (Wildman–Crippen MR) is 78.8 cm³/mol. The highest BCUT2D eigenvalue weighted by Crippen LogP contribution is 2.26. The van der Waals surface area contributed by atoms with Gasteiger partial charge in [-0.25, -0.2) is 14.5 Å². The van der Waals surface area contributed by atoms with Crippen molar-refractivity contribution in [3.8, 4) is 0 Å². The van der Waals surface area contributed by atoms with E-state index in [0.717, 1.165) is 11.0 Å². The minimum Gasteiger partial charge on any atom is -0.444 e. The third-order valence-electron chi connectivity index (χ3n) is 3.31. The van der Waals surface area contributed by atoms with Crippen molar-refractivity contribution in [2.24, 2.45) is 0 Å². The van der Waals surface area contributed by atoms with Crippen molar-refractivity contribution in [3.05, 3.63) is 18.5 Å². The number of carbonyl (C=O) groups is 1. The molecule has 0 spiro atoms. The first-order chi connectivity index (χ1) is 9.83. The molecule has 1 saturated heterocycles. The van der Waals surface area contributed by atoms with Gasteiger partial charge in [0.1, 0.15) is 5.60 Å². The van der Waals surface area contributed by atoms with Crippen LogP contribution in [0.15, 0.2) is 18.5 Å². The summed E-state index contributed by atoms with van der Waals surface area (Å²) in [7, 11) is 0. The maximum atomic E-state index is 11.9. The third-order valence-corrected chi connectivity index (χ3v) is 3.31. The molecule has 0 saturated carbocycles. The summed E-state index contributed by atoms with van der Waals surface area (Å²) >= 11 is 0. The molecule has 1 aliphatic heterocycles. The van der Waals surface area contributed by atoms with E-state index in [2.05, 4.69) is 10.1 Å². The van der Waals surface area contributed by atoms with Crippen LogP contribution in [-0.2, 0) is 4.74 Å². The summed E-state index contributed by atoms with van der Waals surface area (Å²) < 4.78 is 7.18. The number of anilines is 1. The zero-order valence-corrected chi connectivity index (χ0v) is 12.4. The first-order valence-electron chi connectivity index (χ1n) is 6.90. The van der Waals surface area contributed by atoms with E-state index in [4.69, 9.17) is 10.5 Å². The lowest BCUT2D eigenvalue weighted by Gasteiger charge is -2.39. The molecule has 3 rings (SSSR count). The molecule has 2 N–H and O–H groups in total. The van der Waals surface area contributed by atoms with Gasteiger partial charge in [-0.3, -0.25) is 0 Å². The Morgan fingerprint density at radius 2 is 2.10 bits per heavy atom. The van der Waals surface area contributed by atoms with Gasteiger partial charge in [0.15, 0.2) is 5.65 Å². The van der Waals surface area contributed by atoms with Crippen molar-refractivity contribution in [1.29, 1.82) is 0 Å². The lowest BCUT2D eigenvalue weighted by molar-refractivity contribution is 0.0000881. The Morgan fingerprint density at radius 3 is 2.76 bits per heavy atom. The average Bonchev–Trinajstić information content (AvgIpc) is 2.67. The zero-order chi connectivity index (χ0) is 15.2. The topological polar surface area (TPSA) is 86.3 Å². The molecule has 1 fully saturated rings. The van der Waals surface area contributed by atoms with Crippen molar-refractivity contribution in [3.63, 3.8) is 0 Å². The summed E-state index contributed by atoms with van der Waals surface area (Å²) in [5.74, 6) is 0. The van der Waals surface area contributed by atoms with Crippen molar-refractivity contribution >= 4 is 22.8 Å². The number of nitrogens with two attached hydrogens (primary N) is 1. The molecule has 0 unspecified atom stereocenters. The molecule has 3 heterocycles. The fraction of sp³-hybridized carbons (Fsp3) is 0.500. The standard InChI is InChI=1S/C14H19N5O2/c1-14(2,3)21-13(20)18-7-11(8-18)19-12-9(5-17-19)4-10(15)6-16-12/h4-6,11H,7-8,15H2,1-3H3. The predicted octanol–water partition coefficient (Wildman–Crippen LogP) is 1.81. The second kappa shape index (κ2) is 4.61. The van der Waals surface area contributed by atoms with Gasteiger partial charge in [0.25, 0.3) is 0 Å². The molecule has 1 aliphatic rings. The number of carbonyl (C=O) groups excluding carboxylic acids is 1. The number of rotatable bonds is 1. The number of nitrogen functional groups attached to an aromatic ring is 1. The Labute approximate surface area is 122 Å². The van der Waals surface area contributed by atoms with Crippen LogP contribution in [0.3, 0.4) is 0 Å². The van der Waals surface area contributed by atoms with E-state index in [0.29, 0.717) is 18.8 Å². The van der Waals surface area contributed by atoms with E-state index >= 15 is 0 Å². The Kier molecular flexibility index (Phi) is 3.00. The first-order valence-corrected chi connectivity index (χ1v) is 6.90. The number of ether oxygens (including phenoxy) is 1. The number of likely N-dealkylation sites (tertiary alicyclic amines) is 1. The van der Waals surface area contributed by atoms with E-state index in [1.807, 2.05) is 31.5 Å². The van der Waals surface area contributed by atoms with E-state index in [9.17, 15) is 4.79 Å². The molecule has 0 aliphatic carbocycles. The lowest BCUT2D eigenvalue weighted by Crippen LogP contribution is -2.52. The van der Waals surface area contributed by atoms with Gasteiger partial charge in [0.05, 0.1) is 24.1 Å². The van der Waals surface area contributed by atoms with Crippen molar-refractivity contribution in [2.45, 2.75) is 32.4 Å². The monoisotopic (exact) mass is 289 g/mol. The number of pyridine rings is 1. The van der Waals surface area contributed by atoms with Gasteiger partial charge in [-0.15, -0.1) is 0 Å². The van der Waals surface area contributed by atoms with Crippen LogP contribution in [0.2, 0.25) is 0 Å². The largest absolute Gasteiger partial charge is 0.444 e. The molecular weight excluding hydrogens is 270 g/mol. The average molecular weight is 289 g/mol. The molecule has 0 atom stereocenters. The molecule has 21 heavy (non-hydrogen) atoms. The number of amides is 1. The zero-order valence-electron chi connectivity index (χ0n) is 12.4. The highest BCUT2D eigenvalue weighted by molar-refractivity contribution is 5.78. The van der Waals surface area contributed by atoms with Gasteiger partial charge in [-0.2, -0.15) is 5.10 Å². The van der Waals surface area contributed by atoms with E-state index in [-0.39, 0.29) is 12.1 Å². The van der Waals surface area contributed by atoms with E-state index < -0.39 is 5.60 Å². The fourth-order valence-electron chi connectivity index (χ4n) is 2.31. The van der Waals surface area contributed by atoms with Crippen LogP contribution >= 0.6 is 0 Å². The van der Waals surface area contributed by atoms with Crippen LogP contribution in [0.4, 0.5) is 10.5 Å². The smallest absolute Gasteiger partial charge is 0.410 e. The minimum absolute atomic E-state index is 0.131. The Balaban J connectivity index is 1.69. The molecule has 7 heteroatoms. The maximum Gasteiger partial charge on any atom is 0.410 e. The van der Waals surface area contributed by atoms with Crippen LogP contribution in [0.1, 0.15) is 26.8 Å². The second-order valence-electron chi connectivity index (χ2n) is 6.31. The quantitative estimate of drug-likeness (QED) is 0.865. The highest BCUT2D eigenvalue weighted by atomic mass is 16.6. The molecule has 0 radical (unpaired) electrons. The summed E-state index contributed by atoms with van der Waals surface area (Å²) in [6, 6.07) is 1.97. The number of hydrogen-bond acceptors (Lipinski definition) is 5. The first kappa shape index (κ1) is 13.7. The molecule has 0 aromatic carbocycles. The van der Waals surface area contributed by atoms with Crippen LogP contribution in [0, 0.1) is 0 Å². The number of aromatic nitrogens is 3. The maximum absolute atomic E-state index is 11.9. The molecule has 2 aromatic heterocycles. The van der Waals surface area contributed by atoms with Gasteiger partial charge < -0.3 is 15.4 Å². The molecule has 7 nitrogen and oxygen atoms in total. The SMILES string of the molecule is CC(C)(C)OC(=O)N1CC(n2ncc3cc(N)cnc32)C1. The summed E-state index contributed by atoms with van der Waals surface area (Å²) in [5.41, 5.74) is 6.64. The molecule has 0 bridgehead atoms. The van der Waals surface area contributed by atoms with Crippen molar-refractivity contribution in [2.75, 3.05) is 18.8 Å². The fourth-order valence-corrected chi connectivity index (χ4v) is 2.31. The highest BCUT2D eigenvalue weighted by Gasteiger charge is 2.36. The molecule has 2 aromatic rings. The molecule has 1 amide bonds. The van der Waals surface area contributed by atoms with E-state index in [1.54, 1.807) is 17.3 Å². The van der Waals surface area contributed by atoms with Gasteiger partial charge in [-0.05, 0) is 26.8 Å². The number of fused-ring (bicyclic) bond motifs is 1. The van der Waals surface area contributed by atoms with Gasteiger partial charge in [0.2, 0.25) is 0 Å².